The largest absolute Gasteiger partial charge is 0.494 e. The van der Waals surface area contributed by atoms with Gasteiger partial charge in [-0.25, -0.2) is 18.6 Å². The van der Waals surface area contributed by atoms with Crippen LogP contribution in [0.2, 0.25) is 5.02 Å². The smallest absolute Gasteiger partial charge is 0.343 e. The molecule has 0 heterocycles. The number of esters is 1. The Morgan fingerprint density at radius 1 is 0.860 bits per heavy atom. The lowest BCUT2D eigenvalue weighted by atomic mass is 10.2. The molecule has 10 nitrogen and oxygen atoms in total. The molecule has 0 aliphatic carbocycles. The number of hydrogen-bond donors (Lipinski definition) is 2. The van der Waals surface area contributed by atoms with Gasteiger partial charge < -0.3 is 14.2 Å². The summed E-state index contributed by atoms with van der Waals surface area (Å²) >= 11 is 5.86. The van der Waals surface area contributed by atoms with Crippen molar-refractivity contribution in [3.63, 3.8) is 0 Å². The quantitative estimate of drug-likeness (QED) is 0.0868. The van der Waals surface area contributed by atoms with Gasteiger partial charge >= 0.3 is 5.97 Å². The van der Waals surface area contributed by atoms with E-state index in [1.54, 1.807) is 61.5 Å². The number of halogens is 1. The first kappa shape index (κ1) is 31.1. The van der Waals surface area contributed by atoms with Crippen LogP contribution in [0, 0.1) is 0 Å². The van der Waals surface area contributed by atoms with Crippen molar-refractivity contribution in [3.8, 4) is 17.2 Å². The van der Waals surface area contributed by atoms with Crippen molar-refractivity contribution in [2.45, 2.75) is 18.7 Å². The van der Waals surface area contributed by atoms with Crippen LogP contribution >= 0.6 is 11.6 Å². The maximum atomic E-state index is 12.9. The van der Waals surface area contributed by atoms with Crippen molar-refractivity contribution in [1.82, 2.24) is 5.43 Å². The number of hydrazone groups is 1. The van der Waals surface area contributed by atoms with Crippen molar-refractivity contribution in [2.24, 2.45) is 5.10 Å². The summed E-state index contributed by atoms with van der Waals surface area (Å²) in [6.07, 6.45) is 1.37. The Kier molecular flexibility index (Phi) is 10.4. The van der Waals surface area contributed by atoms with E-state index in [0.717, 1.165) is 0 Å². The highest BCUT2D eigenvalue weighted by molar-refractivity contribution is 7.92. The van der Waals surface area contributed by atoms with Gasteiger partial charge in [-0.1, -0.05) is 23.7 Å². The third kappa shape index (κ3) is 8.34. The fraction of sp³-hybridized carbons (Fsp3) is 0.129. The van der Waals surface area contributed by atoms with Gasteiger partial charge in [-0.3, -0.25) is 9.52 Å². The van der Waals surface area contributed by atoms with Gasteiger partial charge in [0.25, 0.3) is 15.9 Å². The van der Waals surface area contributed by atoms with Crippen LogP contribution in [-0.2, 0) is 10.0 Å². The second-order valence-electron chi connectivity index (χ2n) is 8.79. The fourth-order valence-electron chi connectivity index (χ4n) is 3.78. The molecule has 222 valence electrons. The topological polar surface area (TPSA) is 132 Å². The molecule has 12 heteroatoms. The molecule has 0 aliphatic heterocycles. The van der Waals surface area contributed by atoms with Crippen molar-refractivity contribution < 1.29 is 32.2 Å². The SMILES string of the molecule is CCOc1ccc(C(=O)Oc2ccc(/C=N\NC(=O)c3ccccc3NS(=O)(=O)c3ccc(Cl)cc3)cc2OCC)cc1. The number of carbonyl (C=O) groups is 2. The normalized spacial score (nSPS) is 11.1. The number of hydrogen-bond acceptors (Lipinski definition) is 8. The lowest BCUT2D eigenvalue weighted by Gasteiger charge is -2.12. The van der Waals surface area contributed by atoms with Crippen LogP contribution in [-0.4, -0.2) is 39.7 Å². The Morgan fingerprint density at radius 3 is 2.26 bits per heavy atom. The Bertz CT molecular complexity index is 1730. The van der Waals surface area contributed by atoms with Gasteiger partial charge in [0, 0.05) is 5.02 Å². The highest BCUT2D eigenvalue weighted by Gasteiger charge is 2.19. The van der Waals surface area contributed by atoms with Crippen LogP contribution in [0.25, 0.3) is 0 Å². The van der Waals surface area contributed by atoms with Gasteiger partial charge in [0.2, 0.25) is 0 Å². The second kappa shape index (κ2) is 14.3. The maximum absolute atomic E-state index is 12.9. The van der Waals surface area contributed by atoms with E-state index in [4.69, 9.17) is 25.8 Å². The molecule has 43 heavy (non-hydrogen) atoms. The minimum absolute atomic E-state index is 0.0103. The van der Waals surface area contributed by atoms with E-state index in [9.17, 15) is 18.0 Å². The van der Waals surface area contributed by atoms with Gasteiger partial charge in [-0.05, 0) is 98.3 Å². The molecule has 0 fully saturated rings. The molecule has 0 spiro atoms. The zero-order valence-corrected chi connectivity index (χ0v) is 24.8. The van der Waals surface area contributed by atoms with Crippen molar-refractivity contribution in [1.29, 1.82) is 0 Å². The van der Waals surface area contributed by atoms with E-state index in [-0.39, 0.29) is 21.9 Å². The van der Waals surface area contributed by atoms with Gasteiger partial charge in [0.15, 0.2) is 11.5 Å². The number of nitrogens with one attached hydrogen (secondary N) is 2. The lowest BCUT2D eigenvalue weighted by Crippen LogP contribution is -2.21. The maximum Gasteiger partial charge on any atom is 0.343 e. The van der Waals surface area contributed by atoms with E-state index in [2.05, 4.69) is 15.2 Å². The molecular weight excluding hydrogens is 594 g/mol. The van der Waals surface area contributed by atoms with E-state index in [1.807, 2.05) is 6.92 Å². The number of ether oxygens (including phenoxy) is 3. The number of carbonyl (C=O) groups excluding carboxylic acids is 2. The standard InChI is InChI=1S/C31H28ClN3O7S/c1-3-40-24-14-10-22(11-15-24)31(37)42-28-18-9-21(19-29(28)41-4-2)20-33-34-30(36)26-7-5-6-8-27(26)35-43(38,39)25-16-12-23(32)13-17-25/h5-20,35H,3-4H2,1-2H3,(H,34,36)/b33-20-. The monoisotopic (exact) mass is 621 g/mol. The molecule has 0 unspecified atom stereocenters. The van der Waals surface area contributed by atoms with Crippen molar-refractivity contribution in [2.75, 3.05) is 17.9 Å². The summed E-state index contributed by atoms with van der Waals surface area (Å²) in [5.74, 6) is -0.0463. The molecule has 0 aliphatic rings. The number of amides is 1. The summed E-state index contributed by atoms with van der Waals surface area (Å²) < 4.78 is 44.7. The molecule has 2 N–H and O–H groups in total. The minimum atomic E-state index is -3.98. The Labute approximate surface area is 254 Å². The third-order valence-corrected chi connectivity index (χ3v) is 7.42. The van der Waals surface area contributed by atoms with E-state index in [0.29, 0.717) is 40.9 Å². The molecule has 4 aromatic rings. The number of nitrogens with zero attached hydrogens (tertiary/aromatic N) is 1. The highest BCUT2D eigenvalue weighted by Crippen LogP contribution is 2.29. The molecule has 0 radical (unpaired) electrons. The highest BCUT2D eigenvalue weighted by atomic mass is 35.5. The molecule has 0 bridgehead atoms. The second-order valence-corrected chi connectivity index (χ2v) is 10.9. The van der Waals surface area contributed by atoms with Crippen LogP contribution in [0.3, 0.4) is 0 Å². The predicted molar refractivity (Wildman–Crippen MR) is 164 cm³/mol. The van der Waals surface area contributed by atoms with Crippen LogP contribution in [0.15, 0.2) is 101 Å². The first-order chi connectivity index (χ1) is 20.7. The molecule has 0 atom stereocenters. The minimum Gasteiger partial charge on any atom is -0.494 e. The number of rotatable bonds is 12. The first-order valence-electron chi connectivity index (χ1n) is 13.1. The summed E-state index contributed by atoms with van der Waals surface area (Å²) in [7, 11) is -3.98. The van der Waals surface area contributed by atoms with Crippen LogP contribution in [0.1, 0.15) is 40.1 Å². The average Bonchev–Trinajstić information content (AvgIpc) is 2.99. The number of sulfonamides is 1. The number of para-hydroxylation sites is 1. The van der Waals surface area contributed by atoms with E-state index >= 15 is 0 Å². The molecule has 4 rings (SSSR count). The lowest BCUT2D eigenvalue weighted by molar-refractivity contribution is 0.0728. The average molecular weight is 622 g/mol. The van der Waals surface area contributed by atoms with Gasteiger partial charge in [-0.15, -0.1) is 0 Å². The molecule has 0 saturated heterocycles. The number of benzene rings is 4. The van der Waals surface area contributed by atoms with E-state index < -0.39 is 21.9 Å². The van der Waals surface area contributed by atoms with Crippen molar-refractivity contribution >= 4 is 45.4 Å². The predicted octanol–water partition coefficient (Wildman–Crippen LogP) is 5.92. The van der Waals surface area contributed by atoms with Gasteiger partial charge in [0.05, 0.1) is 41.1 Å². The molecule has 0 saturated carbocycles. The Hall–Kier alpha value is -4.87. The Morgan fingerprint density at radius 2 is 1.56 bits per heavy atom. The third-order valence-electron chi connectivity index (χ3n) is 5.79. The van der Waals surface area contributed by atoms with Crippen molar-refractivity contribution in [3.05, 3.63) is 113 Å². The number of anilines is 1. The first-order valence-corrected chi connectivity index (χ1v) is 15.0. The summed E-state index contributed by atoms with van der Waals surface area (Å²) in [6.45, 7) is 4.49. The van der Waals surface area contributed by atoms with Crippen LogP contribution < -0.4 is 24.4 Å². The fourth-order valence-corrected chi connectivity index (χ4v) is 4.99. The summed E-state index contributed by atoms with van der Waals surface area (Å²) in [4.78, 5) is 25.6. The Balaban J connectivity index is 1.44. The molecule has 4 aromatic carbocycles. The van der Waals surface area contributed by atoms with Gasteiger partial charge in [0.1, 0.15) is 5.75 Å². The van der Waals surface area contributed by atoms with E-state index in [1.165, 1.54) is 42.6 Å². The zero-order chi connectivity index (χ0) is 30.8. The summed E-state index contributed by atoms with van der Waals surface area (Å²) in [5, 5.41) is 4.39. The summed E-state index contributed by atoms with van der Waals surface area (Å²) in [5.41, 5.74) is 3.41. The van der Waals surface area contributed by atoms with Gasteiger partial charge in [-0.2, -0.15) is 5.10 Å². The van der Waals surface area contributed by atoms with Crippen LogP contribution in [0.4, 0.5) is 5.69 Å². The molecule has 1 amide bonds. The summed E-state index contributed by atoms with van der Waals surface area (Å²) in [6, 6.07) is 23.1. The molecular formula is C31H28ClN3O7S. The molecule has 0 aromatic heterocycles. The zero-order valence-electron chi connectivity index (χ0n) is 23.2. The van der Waals surface area contributed by atoms with Crippen LogP contribution in [0.5, 0.6) is 17.2 Å².